The molecule has 0 aromatic rings. The molecule has 2 unspecified atom stereocenters. The molecular weight excluding hydrogens is 572 g/mol. The lowest BCUT2D eigenvalue weighted by Crippen LogP contribution is -2.60. The Morgan fingerprint density at radius 3 is 2.37 bits per heavy atom. The fourth-order valence-corrected chi connectivity index (χ4v) is 9.12. The van der Waals surface area contributed by atoms with Crippen LogP contribution in [0.25, 0.3) is 0 Å². The zero-order valence-corrected chi connectivity index (χ0v) is 24.3. The van der Waals surface area contributed by atoms with E-state index in [1.165, 1.54) is 0 Å². The van der Waals surface area contributed by atoms with Gasteiger partial charge in [0, 0.05) is 43.4 Å². The van der Waals surface area contributed by atoms with E-state index < -0.39 is 45.7 Å². The first-order valence-electron chi connectivity index (χ1n) is 14.2. The van der Waals surface area contributed by atoms with Crippen LogP contribution in [0, 0.1) is 46.3 Å². The summed E-state index contributed by atoms with van der Waals surface area (Å²) >= 11 is 0. The smallest absolute Gasteiger partial charge is 0.431 e. The van der Waals surface area contributed by atoms with E-state index in [0.29, 0.717) is 38.5 Å². The second kappa shape index (κ2) is 10.7. The van der Waals surface area contributed by atoms with Crippen molar-refractivity contribution in [3.8, 4) is 0 Å². The monoisotopic (exact) mass is 610 g/mol. The molecule has 41 heavy (non-hydrogen) atoms. The summed E-state index contributed by atoms with van der Waals surface area (Å²) < 4.78 is 88.1. The predicted octanol–water partition coefficient (Wildman–Crippen LogP) is 5.04. The van der Waals surface area contributed by atoms with Crippen molar-refractivity contribution in [3.63, 3.8) is 0 Å². The molecule has 232 valence electrons. The summed E-state index contributed by atoms with van der Waals surface area (Å²) in [6.45, 7) is 4.74. The van der Waals surface area contributed by atoms with Crippen LogP contribution in [0.15, 0.2) is 0 Å². The standard InChI is InChI=1S/C28H38F4O8S/c1-15(4-7-23(36)40-11-10-27(29,30)28(31,32)41(37,38)39)18-5-6-19-24-20(14-22(35)26(18,19)3)25(2)9-8-17(33)12-16(25)13-21(24)34/h15-16,18-20,24H,4-14H2,1-3H3,(H,37,38,39)/t15-,16?,18-,19?,20+,24+,25+,26-/m1/s1. The molecular formula is C28H38F4O8S. The Bertz CT molecular complexity index is 1220. The second-order valence-corrected chi connectivity index (χ2v) is 14.6. The predicted molar refractivity (Wildman–Crippen MR) is 136 cm³/mol. The SMILES string of the molecule is C[C@H](CCC(=O)OCCC(F)(F)C(F)(F)S(=O)(=O)O)[C@H]1CCC2[C@@H]3C(=O)CC4CC(=O)CC[C@]4(C)[C@H]3CC(=O)[C@@]21C. The lowest BCUT2D eigenvalue weighted by atomic mass is 9.44. The maximum absolute atomic E-state index is 13.8. The van der Waals surface area contributed by atoms with Gasteiger partial charge in [-0.1, -0.05) is 20.8 Å². The van der Waals surface area contributed by atoms with Crippen molar-refractivity contribution >= 4 is 33.4 Å². The summed E-state index contributed by atoms with van der Waals surface area (Å²) in [5, 5.41) is -5.73. The van der Waals surface area contributed by atoms with Crippen LogP contribution in [0.2, 0.25) is 0 Å². The van der Waals surface area contributed by atoms with Crippen LogP contribution in [0.4, 0.5) is 17.6 Å². The molecule has 0 aromatic carbocycles. The van der Waals surface area contributed by atoms with E-state index >= 15 is 0 Å². The largest absolute Gasteiger partial charge is 0.465 e. The molecule has 4 rings (SSSR count). The number of ketones is 3. The Kier molecular flexibility index (Phi) is 8.34. The van der Waals surface area contributed by atoms with Gasteiger partial charge in [0.1, 0.15) is 17.3 Å². The van der Waals surface area contributed by atoms with Crippen molar-refractivity contribution in [2.24, 2.45) is 46.3 Å². The lowest BCUT2D eigenvalue weighted by molar-refractivity contribution is -0.174. The molecule has 0 saturated heterocycles. The Morgan fingerprint density at radius 2 is 1.73 bits per heavy atom. The highest BCUT2D eigenvalue weighted by atomic mass is 32.2. The van der Waals surface area contributed by atoms with Crippen LogP contribution in [0.5, 0.6) is 0 Å². The molecule has 0 heterocycles. The summed E-state index contributed by atoms with van der Waals surface area (Å²) in [6, 6.07) is 0. The van der Waals surface area contributed by atoms with E-state index in [0.717, 1.165) is 0 Å². The number of alkyl halides is 4. The molecule has 4 saturated carbocycles. The number of rotatable bonds is 9. The maximum atomic E-state index is 13.8. The van der Waals surface area contributed by atoms with Gasteiger partial charge < -0.3 is 4.74 Å². The molecule has 8 nitrogen and oxygen atoms in total. The van der Waals surface area contributed by atoms with E-state index in [1.807, 2.05) is 13.8 Å². The molecule has 1 N–H and O–H groups in total. The van der Waals surface area contributed by atoms with Gasteiger partial charge in [-0.15, -0.1) is 0 Å². The highest BCUT2D eigenvalue weighted by molar-refractivity contribution is 7.87. The van der Waals surface area contributed by atoms with Crippen molar-refractivity contribution in [1.82, 2.24) is 0 Å². The van der Waals surface area contributed by atoms with E-state index in [-0.39, 0.29) is 77.5 Å². The minimum absolute atomic E-state index is 0.0315. The van der Waals surface area contributed by atoms with Gasteiger partial charge in [0.2, 0.25) is 0 Å². The number of ether oxygens (including phenoxy) is 1. The summed E-state index contributed by atoms with van der Waals surface area (Å²) in [4.78, 5) is 51.6. The fraction of sp³-hybridized carbons (Fsp3) is 0.857. The van der Waals surface area contributed by atoms with Crippen LogP contribution in [-0.2, 0) is 34.0 Å². The average Bonchev–Trinajstić information content (AvgIpc) is 3.22. The van der Waals surface area contributed by atoms with Crippen molar-refractivity contribution in [1.29, 1.82) is 0 Å². The van der Waals surface area contributed by atoms with Gasteiger partial charge >= 0.3 is 27.3 Å². The number of Topliss-reactive ketones (excluding diaryl/α,β-unsaturated/α-hetero) is 3. The molecule has 4 aliphatic rings. The normalized spacial score (nSPS) is 36.8. The topological polar surface area (TPSA) is 132 Å². The average molecular weight is 611 g/mol. The molecule has 0 radical (unpaired) electrons. The molecule has 0 aliphatic heterocycles. The zero-order valence-electron chi connectivity index (χ0n) is 23.5. The molecule has 13 heteroatoms. The van der Waals surface area contributed by atoms with E-state index in [2.05, 4.69) is 11.7 Å². The molecule has 4 fully saturated rings. The number of fused-ring (bicyclic) bond motifs is 5. The molecule has 0 bridgehead atoms. The summed E-state index contributed by atoms with van der Waals surface area (Å²) in [5.74, 6) is -6.51. The minimum Gasteiger partial charge on any atom is -0.465 e. The number of esters is 1. The van der Waals surface area contributed by atoms with E-state index in [1.54, 1.807) is 0 Å². The molecule has 0 amide bonds. The molecule has 0 spiro atoms. The van der Waals surface area contributed by atoms with Gasteiger partial charge in [0.05, 0.1) is 13.0 Å². The summed E-state index contributed by atoms with van der Waals surface area (Å²) in [5.41, 5.74) is -1.00. The van der Waals surface area contributed by atoms with Gasteiger partial charge in [-0.3, -0.25) is 23.7 Å². The van der Waals surface area contributed by atoms with Crippen molar-refractivity contribution in [2.75, 3.05) is 6.61 Å². The summed E-state index contributed by atoms with van der Waals surface area (Å²) in [6.07, 6.45) is 1.73. The van der Waals surface area contributed by atoms with Crippen LogP contribution < -0.4 is 0 Å². The molecule has 8 atom stereocenters. The first kappa shape index (κ1) is 32.0. The van der Waals surface area contributed by atoms with Gasteiger partial charge in [-0.25, -0.2) is 0 Å². The third-order valence-electron chi connectivity index (χ3n) is 11.1. The second-order valence-electron chi connectivity index (χ2n) is 13.1. The highest BCUT2D eigenvalue weighted by Crippen LogP contribution is 2.66. The van der Waals surface area contributed by atoms with Gasteiger partial charge in [-0.05, 0) is 60.7 Å². The number of carbonyl (C=O) groups is 4. The van der Waals surface area contributed by atoms with Crippen molar-refractivity contribution < 1.29 is 54.4 Å². The highest BCUT2D eigenvalue weighted by Gasteiger charge is 2.67. The number of carbonyl (C=O) groups excluding carboxylic acids is 4. The maximum Gasteiger partial charge on any atom is 0.431 e. The molecule has 0 aromatic heterocycles. The van der Waals surface area contributed by atoms with Crippen molar-refractivity contribution in [2.45, 2.75) is 96.2 Å². The van der Waals surface area contributed by atoms with Crippen LogP contribution >= 0.6 is 0 Å². The van der Waals surface area contributed by atoms with Crippen molar-refractivity contribution in [3.05, 3.63) is 0 Å². The Labute approximate surface area is 237 Å². The first-order chi connectivity index (χ1) is 18.8. The van der Waals surface area contributed by atoms with Crippen LogP contribution in [0.3, 0.4) is 0 Å². The minimum atomic E-state index is -6.37. The van der Waals surface area contributed by atoms with Gasteiger partial charge in [-0.2, -0.15) is 26.0 Å². The van der Waals surface area contributed by atoms with Crippen LogP contribution in [-0.4, -0.2) is 54.1 Å². The first-order valence-corrected chi connectivity index (χ1v) is 15.7. The number of hydrogen-bond donors (Lipinski definition) is 1. The fourth-order valence-electron chi connectivity index (χ4n) is 8.64. The third-order valence-corrected chi connectivity index (χ3v) is 12.1. The van der Waals surface area contributed by atoms with Crippen LogP contribution in [0.1, 0.15) is 85.0 Å². The van der Waals surface area contributed by atoms with Gasteiger partial charge in [0.25, 0.3) is 0 Å². The van der Waals surface area contributed by atoms with E-state index in [4.69, 9.17) is 4.55 Å². The summed E-state index contributed by atoms with van der Waals surface area (Å²) in [7, 11) is -6.37. The zero-order chi connectivity index (χ0) is 30.8. The van der Waals surface area contributed by atoms with Gasteiger partial charge in [0.15, 0.2) is 0 Å². The van der Waals surface area contributed by atoms with E-state index in [9.17, 15) is 45.2 Å². The third kappa shape index (κ3) is 5.27. The number of halogens is 4. The quantitative estimate of drug-likeness (QED) is 0.218. The molecule has 4 aliphatic carbocycles. The Balaban J connectivity index is 1.37. The Morgan fingerprint density at radius 1 is 1.07 bits per heavy atom. The number of hydrogen-bond acceptors (Lipinski definition) is 7. The Hall–Kier alpha value is -1.89. The lowest BCUT2D eigenvalue weighted by Gasteiger charge is -2.58.